The summed E-state index contributed by atoms with van der Waals surface area (Å²) in [6.45, 7) is 18.1. The smallest absolute Gasteiger partial charge is 0.170 e. The summed E-state index contributed by atoms with van der Waals surface area (Å²) in [6.07, 6.45) is 49.3. The molecule has 7 heterocycles. The number of aryl methyl sites for hydroxylation is 4. The van der Waals surface area contributed by atoms with Crippen LogP contribution in [0.3, 0.4) is 0 Å². The minimum absolute atomic E-state index is 0.250. The van der Waals surface area contributed by atoms with E-state index in [9.17, 15) is 0 Å². The average Bonchev–Trinajstić information content (AvgIpc) is 1.59. The largest absolute Gasteiger partial charge is 0.203 e. The van der Waals surface area contributed by atoms with Crippen LogP contribution >= 0.6 is 103 Å². The monoisotopic (exact) mass is 1460 g/mol. The second kappa shape index (κ2) is 40.2. The Hall–Kier alpha value is -2.58. The van der Waals surface area contributed by atoms with Gasteiger partial charge >= 0.3 is 0 Å². The summed E-state index contributed by atoms with van der Waals surface area (Å²) in [5.74, 6) is -0.581. The Labute approximate surface area is 610 Å². The number of hydrogen-bond donors (Lipinski definition) is 0. The van der Waals surface area contributed by atoms with E-state index in [2.05, 4.69) is 91.8 Å². The molecule has 0 aliphatic heterocycles. The number of rotatable bonds is 47. The van der Waals surface area contributed by atoms with Crippen molar-refractivity contribution < 1.29 is 8.78 Å². The molecular formula is C82H112Cl2F2N2S7. The van der Waals surface area contributed by atoms with Crippen LogP contribution in [0.1, 0.15) is 303 Å². The van der Waals surface area contributed by atoms with Crippen LogP contribution in [0.4, 0.5) is 8.78 Å². The van der Waals surface area contributed by atoms with Gasteiger partial charge in [-0.05, 0) is 112 Å². The highest BCUT2D eigenvalue weighted by molar-refractivity contribution is 7.28. The highest BCUT2D eigenvalue weighted by Crippen LogP contribution is 2.56. The Morgan fingerprint density at radius 1 is 0.368 bits per heavy atom. The molecule has 2 unspecified atom stereocenters. The first-order valence-electron chi connectivity index (χ1n) is 37.8. The van der Waals surface area contributed by atoms with Crippen molar-refractivity contribution in [3.63, 3.8) is 0 Å². The predicted molar refractivity (Wildman–Crippen MR) is 428 cm³/mol. The van der Waals surface area contributed by atoms with Crippen LogP contribution in [0.15, 0.2) is 36.4 Å². The van der Waals surface area contributed by atoms with Gasteiger partial charge in [-0.2, -0.15) is 8.75 Å². The van der Waals surface area contributed by atoms with Gasteiger partial charge in [0.1, 0.15) is 11.0 Å². The van der Waals surface area contributed by atoms with Crippen molar-refractivity contribution in [3.05, 3.63) is 88.7 Å². The van der Waals surface area contributed by atoms with E-state index in [-0.39, 0.29) is 11.1 Å². The molecular weight excluding hydrogens is 1350 g/mol. The molecule has 2 aromatic carbocycles. The number of fused-ring (bicyclic) bond motifs is 3. The molecule has 7 aromatic heterocycles. The molecule has 520 valence electrons. The van der Waals surface area contributed by atoms with E-state index in [1.54, 1.807) is 22.7 Å². The molecule has 0 saturated carbocycles. The Morgan fingerprint density at radius 3 is 1.18 bits per heavy atom. The standard InChI is InChI=1S/C82H112Cl2F2N2S7/c1-9-15-21-25-29-31-35-39-42-57(41-37-33-27-23-17-11-3)48-59-50-67(90-56(59)8)74-76(85)77(86)75(79-78(74)87-95-88-79)68-51-60(49-58(43-38-34-28-24-18-12-4)44-40-36-32-30-26-22-16-10-2)80(93-68)71-52-62-73(70-54-64(84)66(92-70)46-20-14-6)81-61(47-55(7)89-81)72(82(62)94-71)69-53-63(83)65(91-69)45-19-13-5/h47,50-54,57-58H,9-46,48-49H2,1-8H3. The molecule has 13 heteroatoms. The van der Waals surface area contributed by atoms with Crippen molar-refractivity contribution >= 4 is 134 Å². The van der Waals surface area contributed by atoms with Gasteiger partial charge in [-0.25, -0.2) is 8.78 Å². The molecule has 2 nitrogen and oxygen atoms in total. The lowest BCUT2D eigenvalue weighted by molar-refractivity contribution is 0.400. The summed E-state index contributed by atoms with van der Waals surface area (Å²) in [4.78, 5) is 11.2. The second-order valence-corrected chi connectivity index (χ2v) is 36.2. The summed E-state index contributed by atoms with van der Waals surface area (Å²) in [7, 11) is 0. The Morgan fingerprint density at radius 2 is 0.737 bits per heavy atom. The van der Waals surface area contributed by atoms with Crippen LogP contribution in [-0.4, -0.2) is 8.75 Å². The third-order valence-corrected chi connectivity index (χ3v) is 28.7. The zero-order valence-electron chi connectivity index (χ0n) is 59.2. The number of benzene rings is 2. The molecule has 0 fully saturated rings. The lowest BCUT2D eigenvalue weighted by Crippen LogP contribution is -2.06. The normalized spacial score (nSPS) is 12.8. The molecule has 9 aromatic rings. The van der Waals surface area contributed by atoms with Crippen molar-refractivity contribution in [1.82, 2.24) is 8.75 Å². The first-order chi connectivity index (χ1) is 46.4. The van der Waals surface area contributed by atoms with Gasteiger partial charge in [0.05, 0.1) is 32.9 Å². The van der Waals surface area contributed by atoms with Crippen molar-refractivity contribution in [1.29, 1.82) is 0 Å². The Bertz CT molecular complexity index is 3650. The van der Waals surface area contributed by atoms with E-state index in [4.69, 9.17) is 31.9 Å². The minimum Gasteiger partial charge on any atom is -0.203 e. The van der Waals surface area contributed by atoms with E-state index >= 15 is 8.78 Å². The Balaban J connectivity index is 1.15. The molecule has 0 aliphatic rings. The zero-order valence-corrected chi connectivity index (χ0v) is 66.4. The van der Waals surface area contributed by atoms with Crippen LogP contribution in [0.2, 0.25) is 10.0 Å². The quantitative estimate of drug-likeness (QED) is 0.0355. The zero-order chi connectivity index (χ0) is 67.1. The van der Waals surface area contributed by atoms with Crippen LogP contribution in [0.5, 0.6) is 0 Å². The summed E-state index contributed by atoms with van der Waals surface area (Å²) in [6, 6.07) is 13.8. The maximum atomic E-state index is 18.1. The third-order valence-electron chi connectivity index (χ3n) is 20.1. The summed E-state index contributed by atoms with van der Waals surface area (Å²) < 4.78 is 48.4. The van der Waals surface area contributed by atoms with Crippen LogP contribution < -0.4 is 0 Å². The van der Waals surface area contributed by atoms with Crippen LogP contribution in [0.25, 0.3) is 82.7 Å². The molecule has 0 amide bonds. The SMILES string of the molecule is CCCCCCCCCCC(CCCCCCCC)Cc1cc(-c2c(F)c(F)c(-c3cc(CC(CCCCCCCC)CCCCCCCCCC)c(-c4cc5c(-c6cc(Cl)c(CCCC)s6)c6sc(C)cc6c(-c6cc(Cl)c(CCCC)s6)c5s4)s3)c3nsnc23)sc1C. The number of unbranched alkanes of at least 4 members (excludes halogenated alkanes) is 26. The molecule has 0 aliphatic carbocycles. The average molecular weight is 1460 g/mol. The van der Waals surface area contributed by atoms with Gasteiger partial charge in [0.15, 0.2) is 11.6 Å². The van der Waals surface area contributed by atoms with Gasteiger partial charge in [0.25, 0.3) is 0 Å². The molecule has 9 rings (SSSR count). The first-order valence-corrected chi connectivity index (χ1v) is 44.2. The second-order valence-electron chi connectivity index (χ2n) is 28.0. The predicted octanol–water partition coefficient (Wildman–Crippen LogP) is 32.5. The topological polar surface area (TPSA) is 25.8 Å². The molecule has 0 bridgehead atoms. The van der Waals surface area contributed by atoms with Gasteiger partial charge in [-0.1, -0.05) is 283 Å². The third kappa shape index (κ3) is 20.8. The number of halogens is 4. The van der Waals surface area contributed by atoms with Crippen molar-refractivity contribution in [3.8, 4) is 51.5 Å². The van der Waals surface area contributed by atoms with E-state index in [0.29, 0.717) is 22.9 Å². The highest BCUT2D eigenvalue weighted by atomic mass is 35.5. The lowest BCUT2D eigenvalue weighted by Gasteiger charge is -2.17. The number of aromatic nitrogens is 2. The summed E-state index contributed by atoms with van der Waals surface area (Å²) in [5.41, 5.74) is 6.46. The molecule has 0 N–H and O–H groups in total. The molecule has 95 heavy (non-hydrogen) atoms. The maximum Gasteiger partial charge on any atom is 0.170 e. The van der Waals surface area contributed by atoms with Crippen molar-refractivity contribution in [2.24, 2.45) is 11.8 Å². The molecule has 2 atom stereocenters. The maximum absolute atomic E-state index is 18.1. The van der Waals surface area contributed by atoms with Crippen LogP contribution in [-0.2, 0) is 25.7 Å². The van der Waals surface area contributed by atoms with Gasteiger partial charge in [-0.15, -0.1) is 68.0 Å². The minimum atomic E-state index is -0.816. The van der Waals surface area contributed by atoms with E-state index in [1.165, 1.54) is 282 Å². The van der Waals surface area contributed by atoms with Crippen molar-refractivity contribution in [2.75, 3.05) is 0 Å². The van der Waals surface area contributed by atoms with Crippen LogP contribution in [0, 0.1) is 37.3 Å². The highest BCUT2D eigenvalue weighted by Gasteiger charge is 2.31. The van der Waals surface area contributed by atoms with E-state index in [1.807, 2.05) is 45.3 Å². The molecule has 0 saturated heterocycles. The van der Waals surface area contributed by atoms with E-state index in [0.717, 1.165) is 87.8 Å². The summed E-state index contributed by atoms with van der Waals surface area (Å²) >= 11 is 26.2. The van der Waals surface area contributed by atoms with Gasteiger partial charge < -0.3 is 0 Å². The Kier molecular flexibility index (Phi) is 32.4. The fraction of sp³-hybridized carbons (Fsp3) is 0.610. The van der Waals surface area contributed by atoms with Gasteiger partial charge in [-0.3, -0.25) is 0 Å². The van der Waals surface area contributed by atoms with E-state index < -0.39 is 11.6 Å². The molecule has 0 radical (unpaired) electrons. The van der Waals surface area contributed by atoms with Crippen molar-refractivity contribution in [2.45, 2.75) is 312 Å². The number of thiophene rings is 6. The fourth-order valence-corrected chi connectivity index (χ4v) is 23.2. The summed E-state index contributed by atoms with van der Waals surface area (Å²) in [5, 5.41) is 4.18. The first kappa shape index (κ1) is 76.6. The van der Waals surface area contributed by atoms with Gasteiger partial charge in [0.2, 0.25) is 0 Å². The molecule has 0 spiro atoms. The number of nitrogens with zero attached hydrogens (tertiary/aromatic N) is 2. The lowest BCUT2D eigenvalue weighted by atomic mass is 9.88. The fourth-order valence-electron chi connectivity index (χ4n) is 14.6. The number of hydrogen-bond acceptors (Lipinski definition) is 9. The van der Waals surface area contributed by atoms with Gasteiger partial charge in [0, 0.05) is 80.1 Å².